The zero-order valence-electron chi connectivity index (χ0n) is 11.1. The zero-order valence-corrected chi connectivity index (χ0v) is 11.9. The molecule has 0 bridgehead atoms. The number of carboxylic acid groups (broad SMARTS) is 1. The summed E-state index contributed by atoms with van der Waals surface area (Å²) in [6, 6.07) is 2.04. The van der Waals surface area contributed by atoms with Crippen LogP contribution in [0.3, 0.4) is 0 Å². The van der Waals surface area contributed by atoms with Gasteiger partial charge in [-0.2, -0.15) is 0 Å². The molecule has 1 rings (SSSR count). The van der Waals surface area contributed by atoms with Gasteiger partial charge in [-0.15, -0.1) is 0 Å². The van der Waals surface area contributed by atoms with Crippen LogP contribution < -0.4 is 5.32 Å². The van der Waals surface area contributed by atoms with Crippen molar-refractivity contribution in [2.45, 2.75) is 31.2 Å². The molecule has 0 saturated carbocycles. The van der Waals surface area contributed by atoms with Crippen LogP contribution in [0.5, 0.6) is 0 Å². The molecule has 0 amide bonds. The van der Waals surface area contributed by atoms with Crippen LogP contribution in [0.1, 0.15) is 20.3 Å². The maximum Gasteiger partial charge on any atom is 0.326 e. The molecule has 0 aliphatic rings. The highest BCUT2D eigenvalue weighted by Gasteiger charge is 2.22. The second-order valence-corrected chi connectivity index (χ2v) is 6.77. The van der Waals surface area contributed by atoms with Crippen molar-refractivity contribution in [1.29, 1.82) is 0 Å². The topological polar surface area (TPSA) is 96.4 Å². The van der Waals surface area contributed by atoms with Gasteiger partial charge in [0.15, 0.2) is 9.84 Å². The summed E-state index contributed by atoms with van der Waals surface area (Å²) in [5, 5.41) is 11.8. The van der Waals surface area contributed by atoms with E-state index in [9.17, 15) is 13.2 Å². The number of pyridine rings is 1. The van der Waals surface area contributed by atoms with E-state index in [0.29, 0.717) is 6.42 Å². The fraction of sp³-hybridized carbons (Fsp3) is 0.500. The van der Waals surface area contributed by atoms with Crippen LogP contribution in [-0.4, -0.2) is 36.8 Å². The number of carboxylic acids is 1. The van der Waals surface area contributed by atoms with E-state index in [-0.39, 0.29) is 16.6 Å². The summed E-state index contributed by atoms with van der Waals surface area (Å²) >= 11 is 0. The summed E-state index contributed by atoms with van der Waals surface area (Å²) in [7, 11) is -3.45. The Morgan fingerprint density at radius 1 is 1.47 bits per heavy atom. The van der Waals surface area contributed by atoms with Gasteiger partial charge in [0.05, 0.1) is 0 Å². The van der Waals surface area contributed by atoms with Gasteiger partial charge >= 0.3 is 5.97 Å². The van der Waals surface area contributed by atoms with Gasteiger partial charge in [0, 0.05) is 12.5 Å². The molecule has 0 radical (unpaired) electrons. The van der Waals surface area contributed by atoms with Crippen LogP contribution in [0.15, 0.2) is 23.2 Å². The van der Waals surface area contributed by atoms with Crippen LogP contribution >= 0.6 is 0 Å². The number of aliphatic carboxylic acids is 1. The summed E-state index contributed by atoms with van der Waals surface area (Å²) in [6.07, 6.45) is 2.87. The van der Waals surface area contributed by atoms with E-state index in [0.717, 1.165) is 6.26 Å². The average molecular weight is 286 g/mol. The summed E-state index contributed by atoms with van der Waals surface area (Å²) in [4.78, 5) is 15.1. The van der Waals surface area contributed by atoms with E-state index in [1.165, 1.54) is 18.3 Å². The molecule has 1 aromatic rings. The molecule has 0 aliphatic heterocycles. The first-order chi connectivity index (χ1) is 8.71. The highest BCUT2D eigenvalue weighted by molar-refractivity contribution is 7.90. The lowest BCUT2D eigenvalue weighted by molar-refractivity contribution is -0.138. The number of hydrogen-bond acceptors (Lipinski definition) is 5. The van der Waals surface area contributed by atoms with Gasteiger partial charge in [-0.3, -0.25) is 0 Å². The van der Waals surface area contributed by atoms with Gasteiger partial charge in [-0.05, 0) is 24.5 Å². The number of anilines is 1. The predicted molar refractivity (Wildman–Crippen MR) is 71.8 cm³/mol. The fourth-order valence-electron chi connectivity index (χ4n) is 1.66. The minimum Gasteiger partial charge on any atom is -0.480 e. The Morgan fingerprint density at radius 3 is 2.58 bits per heavy atom. The van der Waals surface area contributed by atoms with E-state index in [1.54, 1.807) is 0 Å². The Hall–Kier alpha value is -1.63. The highest BCUT2D eigenvalue weighted by Crippen LogP contribution is 2.20. The van der Waals surface area contributed by atoms with Crippen molar-refractivity contribution < 1.29 is 18.3 Å². The first kappa shape index (κ1) is 15.4. The zero-order chi connectivity index (χ0) is 14.6. The molecule has 6 nitrogen and oxygen atoms in total. The van der Waals surface area contributed by atoms with E-state index in [2.05, 4.69) is 10.3 Å². The van der Waals surface area contributed by atoms with E-state index < -0.39 is 21.8 Å². The quantitative estimate of drug-likeness (QED) is 0.820. The van der Waals surface area contributed by atoms with Crippen molar-refractivity contribution in [2.24, 2.45) is 5.92 Å². The number of aromatic nitrogens is 1. The molecule has 0 aliphatic carbocycles. The van der Waals surface area contributed by atoms with Gasteiger partial charge in [0.25, 0.3) is 0 Å². The lowest BCUT2D eigenvalue weighted by Gasteiger charge is -2.18. The average Bonchev–Trinajstić information content (AvgIpc) is 2.26. The van der Waals surface area contributed by atoms with E-state index >= 15 is 0 Å². The van der Waals surface area contributed by atoms with E-state index in [4.69, 9.17) is 5.11 Å². The van der Waals surface area contributed by atoms with Crippen molar-refractivity contribution in [2.75, 3.05) is 11.6 Å². The monoisotopic (exact) mass is 286 g/mol. The molecule has 0 spiro atoms. The Labute approximate surface area is 112 Å². The van der Waals surface area contributed by atoms with E-state index in [1.807, 2.05) is 13.8 Å². The minimum absolute atomic E-state index is 0.00464. The number of sulfone groups is 1. The van der Waals surface area contributed by atoms with Gasteiger partial charge in [-0.25, -0.2) is 18.2 Å². The smallest absolute Gasteiger partial charge is 0.326 e. The van der Waals surface area contributed by atoms with Gasteiger partial charge in [-0.1, -0.05) is 13.8 Å². The second-order valence-electron chi connectivity index (χ2n) is 4.79. The third-order valence-electron chi connectivity index (χ3n) is 2.49. The third kappa shape index (κ3) is 4.51. The summed E-state index contributed by atoms with van der Waals surface area (Å²) in [5.74, 6) is -0.782. The van der Waals surface area contributed by atoms with Gasteiger partial charge in [0.1, 0.15) is 16.8 Å². The van der Waals surface area contributed by atoms with Crippen molar-refractivity contribution in [3.63, 3.8) is 0 Å². The second kappa shape index (κ2) is 6.01. The molecular formula is C12H18N2O4S. The summed E-state index contributed by atoms with van der Waals surface area (Å²) in [6.45, 7) is 3.79. The molecule has 1 aromatic heterocycles. The van der Waals surface area contributed by atoms with Crippen LogP contribution in [-0.2, 0) is 14.6 Å². The molecule has 7 heteroatoms. The van der Waals surface area contributed by atoms with Crippen molar-refractivity contribution >= 4 is 21.6 Å². The molecule has 1 atom stereocenters. The predicted octanol–water partition coefficient (Wildman–Crippen LogP) is 1.40. The number of nitrogens with one attached hydrogen (secondary N) is 1. The standard InChI is InChI=1S/C12H18N2O4S/c1-8(2)7-9(12(15)16)14-11-10(19(3,17)18)5-4-6-13-11/h4-6,8-9H,7H2,1-3H3,(H,13,14)(H,15,16). The van der Waals surface area contributed by atoms with Crippen molar-refractivity contribution in [1.82, 2.24) is 4.98 Å². The molecule has 1 heterocycles. The lowest BCUT2D eigenvalue weighted by atomic mass is 10.0. The Kier molecular flexibility index (Phi) is 4.88. The first-order valence-corrected chi connectivity index (χ1v) is 7.75. The van der Waals surface area contributed by atoms with Crippen molar-refractivity contribution in [3.05, 3.63) is 18.3 Å². The largest absolute Gasteiger partial charge is 0.480 e. The Bertz CT molecular complexity index is 555. The Morgan fingerprint density at radius 2 is 2.11 bits per heavy atom. The molecule has 0 saturated heterocycles. The number of rotatable bonds is 6. The maximum atomic E-state index is 11.6. The molecule has 106 valence electrons. The molecule has 2 N–H and O–H groups in total. The molecule has 0 aromatic carbocycles. The lowest BCUT2D eigenvalue weighted by Crippen LogP contribution is -2.31. The van der Waals surface area contributed by atoms with Crippen LogP contribution in [0.25, 0.3) is 0 Å². The highest BCUT2D eigenvalue weighted by atomic mass is 32.2. The van der Waals surface area contributed by atoms with Crippen molar-refractivity contribution in [3.8, 4) is 0 Å². The van der Waals surface area contributed by atoms with Gasteiger partial charge in [0.2, 0.25) is 0 Å². The number of hydrogen-bond donors (Lipinski definition) is 2. The molecule has 0 fully saturated rings. The van der Waals surface area contributed by atoms with Crippen LogP contribution in [0, 0.1) is 5.92 Å². The third-order valence-corrected chi connectivity index (χ3v) is 3.61. The fourth-order valence-corrected chi connectivity index (χ4v) is 2.44. The molecule has 1 unspecified atom stereocenters. The molecular weight excluding hydrogens is 268 g/mol. The van der Waals surface area contributed by atoms with Crippen LogP contribution in [0.2, 0.25) is 0 Å². The summed E-state index contributed by atoms with van der Waals surface area (Å²) in [5.41, 5.74) is 0. The maximum absolute atomic E-state index is 11.6. The van der Waals surface area contributed by atoms with Crippen LogP contribution in [0.4, 0.5) is 5.82 Å². The molecule has 19 heavy (non-hydrogen) atoms. The number of nitrogens with zero attached hydrogens (tertiary/aromatic N) is 1. The Balaban J connectivity index is 3.07. The minimum atomic E-state index is -3.45. The summed E-state index contributed by atoms with van der Waals surface area (Å²) < 4.78 is 23.2. The van der Waals surface area contributed by atoms with Gasteiger partial charge < -0.3 is 10.4 Å². The normalized spacial score (nSPS) is 13.3. The SMILES string of the molecule is CC(C)CC(Nc1ncccc1S(C)(=O)=O)C(=O)O. The first-order valence-electron chi connectivity index (χ1n) is 5.86. The number of carbonyl (C=O) groups is 1.